The predicted octanol–water partition coefficient (Wildman–Crippen LogP) is 4.19. The molecule has 2 aliphatic heterocycles. The number of rotatable bonds is 13. The number of H-pyrrole nitrogens is 2. The van der Waals surface area contributed by atoms with E-state index in [0.717, 1.165) is 74.0 Å². The van der Waals surface area contributed by atoms with Crippen molar-refractivity contribution >= 4 is 29.6 Å². The Balaban J connectivity index is 1.75. The van der Waals surface area contributed by atoms with E-state index in [1.165, 1.54) is 0 Å². The number of aliphatic hydroxyl groups is 2. The summed E-state index contributed by atoms with van der Waals surface area (Å²) in [6.07, 6.45) is 3.77. The maximum atomic E-state index is 12.4. The fraction of sp³-hybridized carbons (Fsp3) is 0.515. The van der Waals surface area contributed by atoms with E-state index in [4.69, 9.17) is 0 Å². The standard InChI is InChI=1S/C33H44N4O6/c1-7-20-19(6)32(42)37-27(20)14-25-18(5)23(10-12-31(40)41)29(35-25)15-28-22(9-11-30(38)39)17(4)24(34-28)13-26-16(3)21(8-2)33(43)36-26/h14,19-20,30,34-35,38-39H,7-13,15H2,1-6H3,(H,37,42)(H,40,41)/b27-14-/t19-,20-/m1/s1. The van der Waals surface area contributed by atoms with E-state index in [1.54, 1.807) is 0 Å². The molecule has 0 aromatic carbocycles. The minimum Gasteiger partial charge on any atom is -0.481 e. The number of carboxylic acids is 1. The molecule has 10 nitrogen and oxygen atoms in total. The van der Waals surface area contributed by atoms with Gasteiger partial charge in [-0.05, 0) is 80.4 Å². The first-order valence-corrected chi connectivity index (χ1v) is 15.2. The molecule has 43 heavy (non-hydrogen) atoms. The van der Waals surface area contributed by atoms with Gasteiger partial charge in [0.05, 0.1) is 5.71 Å². The Bertz CT molecular complexity index is 1520. The first-order valence-electron chi connectivity index (χ1n) is 15.2. The molecule has 6 N–H and O–H groups in total. The van der Waals surface area contributed by atoms with Crippen molar-refractivity contribution in [1.29, 1.82) is 0 Å². The van der Waals surface area contributed by atoms with Crippen molar-refractivity contribution in [3.05, 3.63) is 61.9 Å². The molecular weight excluding hydrogens is 548 g/mol. The molecule has 0 bridgehead atoms. The average molecular weight is 593 g/mol. The van der Waals surface area contributed by atoms with Gasteiger partial charge in [0.2, 0.25) is 5.91 Å². The van der Waals surface area contributed by atoms with Gasteiger partial charge in [-0.3, -0.25) is 14.4 Å². The largest absolute Gasteiger partial charge is 0.481 e. The number of aliphatic carboxylic acids is 1. The number of hydrogen-bond acceptors (Lipinski definition) is 5. The van der Waals surface area contributed by atoms with Crippen molar-refractivity contribution in [2.45, 2.75) is 99.2 Å². The molecule has 4 rings (SSSR count). The second kappa shape index (κ2) is 13.3. The summed E-state index contributed by atoms with van der Waals surface area (Å²) >= 11 is 0. The molecular formula is C33H44N4O6. The number of allylic oxidation sites excluding steroid dienone is 2. The van der Waals surface area contributed by atoms with Crippen molar-refractivity contribution in [3.8, 4) is 0 Å². The lowest BCUT2D eigenvalue weighted by atomic mass is 9.92. The van der Waals surface area contributed by atoms with Crippen LogP contribution in [0.1, 0.15) is 98.4 Å². The molecule has 2 aromatic rings. The van der Waals surface area contributed by atoms with Crippen molar-refractivity contribution in [2.75, 3.05) is 0 Å². The molecule has 1 saturated heterocycles. The number of aliphatic hydroxyl groups excluding tert-OH is 1. The summed E-state index contributed by atoms with van der Waals surface area (Å²) in [4.78, 5) is 47.7. The van der Waals surface area contributed by atoms with Crippen LogP contribution in [0.15, 0.2) is 21.8 Å². The predicted molar refractivity (Wildman–Crippen MR) is 165 cm³/mol. The molecule has 4 heterocycles. The van der Waals surface area contributed by atoms with Crippen molar-refractivity contribution < 1.29 is 29.7 Å². The van der Waals surface area contributed by atoms with Gasteiger partial charge in [-0.1, -0.05) is 20.8 Å². The minimum atomic E-state index is -1.45. The summed E-state index contributed by atoms with van der Waals surface area (Å²) in [7, 11) is 0. The van der Waals surface area contributed by atoms with E-state index < -0.39 is 12.3 Å². The van der Waals surface area contributed by atoms with Crippen LogP contribution in [0, 0.1) is 25.7 Å². The Kier molecular flexibility index (Phi) is 9.92. The van der Waals surface area contributed by atoms with Crippen LogP contribution in [-0.2, 0) is 40.1 Å². The summed E-state index contributed by atoms with van der Waals surface area (Å²) in [6, 6.07) is 0. The Hall–Kier alpha value is -3.76. The SMILES string of the molecule is CCC1=C(C)C(Cc2[nH]c(Cc3[nH]c(/C=C4\NC(=O)[C@H](C)[C@H]4CC)c(C)c3CCC(=O)O)c(CCC(O)O)c2C)=NC1=O. The highest BCUT2D eigenvalue weighted by molar-refractivity contribution is 6.19. The van der Waals surface area contributed by atoms with Crippen LogP contribution in [0.2, 0.25) is 0 Å². The molecule has 232 valence electrons. The second-order valence-corrected chi connectivity index (χ2v) is 11.8. The molecule has 2 atom stereocenters. The maximum absolute atomic E-state index is 12.4. The van der Waals surface area contributed by atoms with Gasteiger partial charge in [-0.2, -0.15) is 0 Å². The summed E-state index contributed by atoms with van der Waals surface area (Å²) in [5.41, 5.74) is 10.5. The monoisotopic (exact) mass is 592 g/mol. The number of hydrogen-bond donors (Lipinski definition) is 6. The number of aromatic amines is 2. The maximum Gasteiger partial charge on any atom is 0.303 e. The molecule has 1 fully saturated rings. The van der Waals surface area contributed by atoms with Gasteiger partial charge >= 0.3 is 5.97 Å². The summed E-state index contributed by atoms with van der Waals surface area (Å²) in [5, 5.41) is 31.8. The third kappa shape index (κ3) is 6.75. The Morgan fingerprint density at radius 3 is 2.26 bits per heavy atom. The van der Waals surface area contributed by atoms with Crippen LogP contribution < -0.4 is 5.32 Å². The van der Waals surface area contributed by atoms with Crippen LogP contribution in [0.5, 0.6) is 0 Å². The molecule has 2 aromatic heterocycles. The number of nitrogens with one attached hydrogen (secondary N) is 3. The molecule has 0 radical (unpaired) electrons. The highest BCUT2D eigenvalue weighted by Gasteiger charge is 2.34. The fourth-order valence-corrected chi connectivity index (χ4v) is 6.50. The number of amides is 2. The Morgan fingerprint density at radius 2 is 1.65 bits per heavy atom. The first-order chi connectivity index (χ1) is 20.4. The Labute approximate surface area is 252 Å². The normalized spacial score (nSPS) is 19.7. The Morgan fingerprint density at radius 1 is 0.977 bits per heavy atom. The number of carbonyl (C=O) groups excluding carboxylic acids is 2. The van der Waals surface area contributed by atoms with Crippen molar-refractivity contribution in [1.82, 2.24) is 15.3 Å². The van der Waals surface area contributed by atoms with Gasteiger partial charge in [0.1, 0.15) is 0 Å². The lowest BCUT2D eigenvalue weighted by Gasteiger charge is -2.11. The van der Waals surface area contributed by atoms with Gasteiger partial charge in [0.15, 0.2) is 6.29 Å². The van der Waals surface area contributed by atoms with Crippen LogP contribution >= 0.6 is 0 Å². The highest BCUT2D eigenvalue weighted by atomic mass is 16.5. The zero-order chi connectivity index (χ0) is 31.6. The van der Waals surface area contributed by atoms with Crippen LogP contribution in [0.3, 0.4) is 0 Å². The molecule has 0 aliphatic carbocycles. The number of carbonyl (C=O) groups is 3. The topological polar surface area (TPSA) is 168 Å². The van der Waals surface area contributed by atoms with Crippen LogP contribution in [0.4, 0.5) is 0 Å². The molecule has 0 spiro atoms. The van der Waals surface area contributed by atoms with Gasteiger partial charge in [-0.25, -0.2) is 4.99 Å². The third-order valence-electron chi connectivity index (χ3n) is 9.17. The first kappa shape index (κ1) is 32.2. The van der Waals surface area contributed by atoms with Gasteiger partial charge in [0.25, 0.3) is 5.91 Å². The summed E-state index contributed by atoms with van der Waals surface area (Å²) in [6.45, 7) is 11.8. The van der Waals surface area contributed by atoms with E-state index in [-0.39, 0.29) is 36.5 Å². The lowest BCUT2D eigenvalue weighted by Crippen LogP contribution is -2.16. The van der Waals surface area contributed by atoms with Gasteiger partial charge < -0.3 is 30.6 Å². The lowest BCUT2D eigenvalue weighted by molar-refractivity contribution is -0.137. The van der Waals surface area contributed by atoms with Crippen molar-refractivity contribution in [3.63, 3.8) is 0 Å². The minimum absolute atomic E-state index is 0.00319. The summed E-state index contributed by atoms with van der Waals surface area (Å²) < 4.78 is 0. The van der Waals surface area contributed by atoms with Crippen molar-refractivity contribution in [2.24, 2.45) is 16.8 Å². The molecule has 2 amide bonds. The molecule has 0 unspecified atom stereocenters. The highest BCUT2D eigenvalue weighted by Crippen LogP contribution is 2.33. The zero-order valence-electron chi connectivity index (χ0n) is 26.0. The third-order valence-corrected chi connectivity index (χ3v) is 9.17. The summed E-state index contributed by atoms with van der Waals surface area (Å²) in [5.74, 6) is -1.10. The van der Waals surface area contributed by atoms with Crippen LogP contribution in [0.25, 0.3) is 6.08 Å². The second-order valence-electron chi connectivity index (χ2n) is 11.8. The fourth-order valence-electron chi connectivity index (χ4n) is 6.50. The number of aliphatic imine (C=N–C) groups is 1. The molecule has 2 aliphatic rings. The zero-order valence-corrected chi connectivity index (χ0v) is 26.0. The van der Waals surface area contributed by atoms with Gasteiger partial charge in [-0.15, -0.1) is 0 Å². The molecule has 0 saturated carbocycles. The number of nitrogens with zero attached hydrogens (tertiary/aromatic N) is 1. The smallest absolute Gasteiger partial charge is 0.303 e. The quantitative estimate of drug-likeness (QED) is 0.191. The van der Waals surface area contributed by atoms with E-state index in [1.807, 2.05) is 40.7 Å². The molecule has 10 heteroatoms. The average Bonchev–Trinajstić information content (AvgIpc) is 3.59. The number of aromatic nitrogens is 2. The van der Waals surface area contributed by atoms with Crippen LogP contribution in [-0.4, -0.2) is 55.1 Å². The van der Waals surface area contributed by atoms with E-state index in [2.05, 4.69) is 27.2 Å². The van der Waals surface area contributed by atoms with E-state index in [9.17, 15) is 29.7 Å². The van der Waals surface area contributed by atoms with E-state index in [0.29, 0.717) is 32.1 Å². The van der Waals surface area contributed by atoms with Gasteiger partial charge in [0, 0.05) is 71.6 Å². The van der Waals surface area contributed by atoms with E-state index >= 15 is 0 Å². The number of carboxylic acid groups (broad SMARTS) is 1.